The van der Waals surface area contributed by atoms with E-state index >= 15 is 0 Å². The van der Waals surface area contributed by atoms with Gasteiger partial charge in [-0.15, -0.1) is 0 Å². The van der Waals surface area contributed by atoms with Crippen molar-refractivity contribution < 1.29 is 4.74 Å². The zero-order valence-electron chi connectivity index (χ0n) is 10.3. The van der Waals surface area contributed by atoms with Crippen LogP contribution in [0.25, 0.3) is 22.6 Å². The maximum atomic E-state index is 5.62. The summed E-state index contributed by atoms with van der Waals surface area (Å²) in [6, 6.07) is 6.18. The maximum Gasteiger partial charge on any atom is 0.181 e. The molecule has 0 fully saturated rings. The van der Waals surface area contributed by atoms with Crippen LogP contribution in [0.3, 0.4) is 0 Å². The molecule has 5 nitrogen and oxygen atoms in total. The molecular weight excluding hydrogens is 240 g/mol. The number of aromatic nitrogens is 4. The van der Waals surface area contributed by atoms with Crippen molar-refractivity contribution in [2.75, 3.05) is 6.61 Å². The summed E-state index contributed by atoms with van der Waals surface area (Å²) in [5.74, 6) is 1.81. The standard InChI is InChI=1S/C14H12N4O/c1-2-9-6-10(3-4-12(9)19-5-1)13-17-11-7-15-8-16-14(11)18-13/h3-4,6-8H,1-2,5H2,(H,15,16,17,18). The molecule has 3 heterocycles. The molecule has 0 radical (unpaired) electrons. The Labute approximate surface area is 109 Å². The first kappa shape index (κ1) is 10.5. The van der Waals surface area contributed by atoms with Gasteiger partial charge in [0, 0.05) is 5.56 Å². The van der Waals surface area contributed by atoms with Gasteiger partial charge in [-0.2, -0.15) is 0 Å². The summed E-state index contributed by atoms with van der Waals surface area (Å²) in [6.45, 7) is 0.812. The number of benzene rings is 1. The van der Waals surface area contributed by atoms with Gasteiger partial charge < -0.3 is 9.72 Å². The van der Waals surface area contributed by atoms with E-state index in [1.807, 2.05) is 12.1 Å². The second-order valence-corrected chi connectivity index (χ2v) is 4.62. The molecule has 0 aliphatic carbocycles. The lowest BCUT2D eigenvalue weighted by atomic mass is 10.0. The number of imidazole rings is 1. The van der Waals surface area contributed by atoms with Crippen molar-refractivity contribution in [3.05, 3.63) is 36.3 Å². The molecule has 0 atom stereocenters. The Morgan fingerprint density at radius 3 is 3.21 bits per heavy atom. The molecule has 3 aromatic rings. The molecule has 1 aliphatic heterocycles. The fraction of sp³-hybridized carbons (Fsp3) is 0.214. The Morgan fingerprint density at radius 2 is 2.26 bits per heavy atom. The average molecular weight is 252 g/mol. The average Bonchev–Trinajstić information content (AvgIpc) is 2.90. The minimum atomic E-state index is 0.693. The molecule has 1 aromatic carbocycles. The van der Waals surface area contributed by atoms with Gasteiger partial charge in [0.05, 0.1) is 12.8 Å². The molecule has 0 saturated carbocycles. The summed E-state index contributed by atoms with van der Waals surface area (Å²) in [7, 11) is 0. The van der Waals surface area contributed by atoms with Gasteiger partial charge in [-0.1, -0.05) is 0 Å². The van der Waals surface area contributed by atoms with Crippen molar-refractivity contribution in [1.29, 1.82) is 0 Å². The Morgan fingerprint density at radius 1 is 1.26 bits per heavy atom. The molecule has 0 unspecified atom stereocenters. The second-order valence-electron chi connectivity index (χ2n) is 4.62. The monoisotopic (exact) mass is 252 g/mol. The Bertz CT molecular complexity index is 717. The van der Waals surface area contributed by atoms with E-state index in [-0.39, 0.29) is 0 Å². The lowest BCUT2D eigenvalue weighted by Crippen LogP contribution is -2.08. The summed E-state index contributed by atoms with van der Waals surface area (Å²) in [5, 5.41) is 0. The Balaban J connectivity index is 1.83. The number of aromatic amines is 1. The zero-order chi connectivity index (χ0) is 12.7. The minimum absolute atomic E-state index is 0.693. The van der Waals surface area contributed by atoms with Crippen LogP contribution in [0.5, 0.6) is 5.75 Å². The normalized spacial score (nSPS) is 14.1. The van der Waals surface area contributed by atoms with Crippen molar-refractivity contribution in [2.24, 2.45) is 0 Å². The van der Waals surface area contributed by atoms with E-state index in [0.29, 0.717) is 5.65 Å². The van der Waals surface area contributed by atoms with E-state index in [2.05, 4.69) is 26.0 Å². The largest absolute Gasteiger partial charge is 0.493 e. The first-order valence-corrected chi connectivity index (χ1v) is 6.32. The fourth-order valence-electron chi connectivity index (χ4n) is 2.41. The highest BCUT2D eigenvalue weighted by molar-refractivity contribution is 5.75. The first-order chi connectivity index (χ1) is 9.40. The molecule has 5 heteroatoms. The number of H-pyrrole nitrogens is 1. The maximum absolute atomic E-state index is 5.62. The van der Waals surface area contributed by atoms with Crippen LogP contribution in [0.1, 0.15) is 12.0 Å². The van der Waals surface area contributed by atoms with Gasteiger partial charge in [-0.3, -0.25) is 0 Å². The summed E-state index contributed by atoms with van der Waals surface area (Å²) in [6.07, 6.45) is 5.37. The van der Waals surface area contributed by atoms with E-state index in [0.717, 1.165) is 42.1 Å². The smallest absolute Gasteiger partial charge is 0.181 e. The van der Waals surface area contributed by atoms with Crippen molar-refractivity contribution in [3.63, 3.8) is 0 Å². The summed E-state index contributed by atoms with van der Waals surface area (Å²) in [5.41, 5.74) is 3.85. The van der Waals surface area contributed by atoms with Crippen molar-refractivity contribution in [2.45, 2.75) is 12.8 Å². The number of fused-ring (bicyclic) bond motifs is 2. The third-order valence-corrected chi connectivity index (χ3v) is 3.34. The van der Waals surface area contributed by atoms with Gasteiger partial charge in [0.2, 0.25) is 0 Å². The second kappa shape index (κ2) is 4.05. The molecule has 2 aromatic heterocycles. The number of nitrogens with zero attached hydrogens (tertiary/aromatic N) is 3. The van der Waals surface area contributed by atoms with Crippen molar-refractivity contribution in [3.8, 4) is 17.1 Å². The molecule has 94 valence electrons. The van der Waals surface area contributed by atoms with Crippen molar-refractivity contribution >= 4 is 11.2 Å². The molecule has 1 N–H and O–H groups in total. The molecular formula is C14H12N4O. The van der Waals surface area contributed by atoms with Gasteiger partial charge in [0.25, 0.3) is 0 Å². The topological polar surface area (TPSA) is 63.7 Å². The Kier molecular flexibility index (Phi) is 2.24. The Hall–Kier alpha value is -2.43. The van der Waals surface area contributed by atoms with Crippen LogP contribution < -0.4 is 4.74 Å². The van der Waals surface area contributed by atoms with E-state index < -0.39 is 0 Å². The third-order valence-electron chi connectivity index (χ3n) is 3.34. The third kappa shape index (κ3) is 1.74. The summed E-state index contributed by atoms with van der Waals surface area (Å²) in [4.78, 5) is 15.9. The molecule has 19 heavy (non-hydrogen) atoms. The van der Waals surface area contributed by atoms with Crippen LogP contribution in [-0.4, -0.2) is 26.5 Å². The SMILES string of the molecule is c1ncc2[nH]c(-c3ccc4c(c3)CCCO4)nc2n1. The van der Waals surface area contributed by atoms with Crippen LogP contribution in [-0.2, 0) is 6.42 Å². The van der Waals surface area contributed by atoms with Crippen LogP contribution in [0.4, 0.5) is 0 Å². The fourth-order valence-corrected chi connectivity index (χ4v) is 2.41. The van der Waals surface area contributed by atoms with Gasteiger partial charge in [-0.25, -0.2) is 15.0 Å². The lowest BCUT2D eigenvalue weighted by molar-refractivity contribution is 0.288. The van der Waals surface area contributed by atoms with Crippen LogP contribution in [0.2, 0.25) is 0 Å². The van der Waals surface area contributed by atoms with Gasteiger partial charge in [0.1, 0.15) is 23.4 Å². The number of ether oxygens (including phenoxy) is 1. The van der Waals surface area contributed by atoms with Gasteiger partial charge in [0.15, 0.2) is 5.65 Å². The van der Waals surface area contributed by atoms with Gasteiger partial charge >= 0.3 is 0 Å². The molecule has 4 rings (SSSR count). The quantitative estimate of drug-likeness (QED) is 0.722. The zero-order valence-corrected chi connectivity index (χ0v) is 10.3. The van der Waals surface area contributed by atoms with E-state index in [4.69, 9.17) is 4.74 Å². The number of hydrogen-bond acceptors (Lipinski definition) is 4. The number of rotatable bonds is 1. The highest BCUT2D eigenvalue weighted by Crippen LogP contribution is 2.29. The molecule has 0 bridgehead atoms. The molecule has 0 spiro atoms. The van der Waals surface area contributed by atoms with Crippen molar-refractivity contribution in [1.82, 2.24) is 19.9 Å². The van der Waals surface area contributed by atoms with E-state index in [9.17, 15) is 0 Å². The van der Waals surface area contributed by atoms with Gasteiger partial charge in [-0.05, 0) is 36.6 Å². The predicted molar refractivity (Wildman–Crippen MR) is 70.9 cm³/mol. The van der Waals surface area contributed by atoms with Crippen LogP contribution in [0.15, 0.2) is 30.7 Å². The van der Waals surface area contributed by atoms with E-state index in [1.54, 1.807) is 6.20 Å². The minimum Gasteiger partial charge on any atom is -0.493 e. The number of nitrogens with one attached hydrogen (secondary N) is 1. The van der Waals surface area contributed by atoms with Crippen LogP contribution >= 0.6 is 0 Å². The molecule has 0 amide bonds. The molecule has 1 aliphatic rings. The van der Waals surface area contributed by atoms with Crippen LogP contribution in [0, 0.1) is 0 Å². The number of aryl methyl sites for hydroxylation is 1. The lowest BCUT2D eigenvalue weighted by Gasteiger charge is -2.17. The first-order valence-electron chi connectivity index (χ1n) is 6.32. The molecule has 0 saturated heterocycles. The number of hydrogen-bond donors (Lipinski definition) is 1. The van der Waals surface area contributed by atoms with E-state index in [1.165, 1.54) is 11.9 Å². The summed E-state index contributed by atoms with van der Waals surface area (Å²) >= 11 is 0. The predicted octanol–water partition coefficient (Wildman–Crippen LogP) is 2.34. The summed E-state index contributed by atoms with van der Waals surface area (Å²) < 4.78 is 5.62. The highest BCUT2D eigenvalue weighted by Gasteiger charge is 2.13. The highest BCUT2D eigenvalue weighted by atomic mass is 16.5.